The number of aromatic nitrogens is 3. The van der Waals surface area contributed by atoms with Crippen LogP contribution in [0.4, 0.5) is 0 Å². The SMILES string of the molecule is CC12CC(CC#Cc3cccc(Sc4[nH]nnc4C(=O)O)c3)(C1)C2. The van der Waals surface area contributed by atoms with Crippen molar-refractivity contribution in [3.05, 3.63) is 35.5 Å². The normalized spacial score (nSPS) is 26.7. The minimum atomic E-state index is -1.09. The van der Waals surface area contributed by atoms with E-state index in [4.69, 9.17) is 5.11 Å². The lowest BCUT2D eigenvalue weighted by atomic mass is 9.35. The summed E-state index contributed by atoms with van der Waals surface area (Å²) in [6.07, 6.45) is 4.97. The van der Waals surface area contributed by atoms with E-state index in [1.54, 1.807) is 0 Å². The number of carboxylic acids is 1. The van der Waals surface area contributed by atoms with Crippen LogP contribution in [0.2, 0.25) is 0 Å². The van der Waals surface area contributed by atoms with Crippen LogP contribution in [0.25, 0.3) is 0 Å². The Balaban J connectivity index is 1.44. The summed E-state index contributed by atoms with van der Waals surface area (Å²) in [5.74, 6) is 5.48. The minimum absolute atomic E-state index is 0.0615. The van der Waals surface area contributed by atoms with Gasteiger partial charge in [0.1, 0.15) is 5.03 Å². The highest BCUT2D eigenvalue weighted by Gasteiger charge is 2.64. The lowest BCUT2D eigenvalue weighted by Gasteiger charge is -2.69. The van der Waals surface area contributed by atoms with Crippen LogP contribution in [0.15, 0.2) is 34.2 Å². The molecule has 1 aromatic heterocycles. The third-order valence-corrected chi connectivity index (χ3v) is 5.85. The number of carbonyl (C=O) groups is 1. The Hall–Kier alpha value is -2.26. The van der Waals surface area contributed by atoms with Gasteiger partial charge in [0.05, 0.1) is 0 Å². The highest BCUT2D eigenvalue weighted by molar-refractivity contribution is 7.99. The molecule has 1 aromatic carbocycles. The Morgan fingerprint density at radius 2 is 2.21 bits per heavy atom. The van der Waals surface area contributed by atoms with Crippen LogP contribution >= 0.6 is 11.8 Å². The zero-order valence-corrected chi connectivity index (χ0v) is 14.1. The maximum Gasteiger partial charge on any atom is 0.359 e. The van der Waals surface area contributed by atoms with Crippen LogP contribution in [0, 0.1) is 22.7 Å². The number of carboxylic acid groups (broad SMARTS) is 1. The maximum absolute atomic E-state index is 11.1. The first-order valence-electron chi connectivity index (χ1n) is 7.88. The van der Waals surface area contributed by atoms with Crippen molar-refractivity contribution in [3.63, 3.8) is 0 Å². The second kappa shape index (κ2) is 5.38. The molecule has 0 radical (unpaired) electrons. The monoisotopic (exact) mass is 339 g/mol. The van der Waals surface area contributed by atoms with Crippen molar-refractivity contribution in [2.45, 2.75) is 42.5 Å². The second-order valence-electron chi connectivity index (χ2n) is 7.24. The third-order valence-electron chi connectivity index (χ3n) is 4.87. The van der Waals surface area contributed by atoms with Gasteiger partial charge in [-0.2, -0.15) is 0 Å². The van der Waals surface area contributed by atoms with E-state index in [1.165, 1.54) is 31.0 Å². The lowest BCUT2D eigenvalue weighted by Crippen LogP contribution is -2.59. The molecule has 3 fully saturated rings. The minimum Gasteiger partial charge on any atom is -0.476 e. The molecule has 0 aliphatic heterocycles. The molecule has 5 nitrogen and oxygen atoms in total. The van der Waals surface area contributed by atoms with Gasteiger partial charge in [-0.3, -0.25) is 5.10 Å². The Morgan fingerprint density at radius 3 is 2.92 bits per heavy atom. The third kappa shape index (κ3) is 2.69. The predicted molar refractivity (Wildman–Crippen MR) is 89.8 cm³/mol. The number of hydrogen-bond donors (Lipinski definition) is 2. The van der Waals surface area contributed by atoms with E-state index in [0.717, 1.165) is 16.9 Å². The van der Waals surface area contributed by atoms with Crippen molar-refractivity contribution in [2.75, 3.05) is 0 Å². The first-order valence-corrected chi connectivity index (χ1v) is 8.70. The number of H-pyrrole nitrogens is 1. The number of aromatic amines is 1. The smallest absolute Gasteiger partial charge is 0.359 e. The molecule has 122 valence electrons. The molecular formula is C18H17N3O2S. The van der Waals surface area contributed by atoms with Gasteiger partial charge < -0.3 is 5.11 Å². The molecule has 3 aliphatic carbocycles. The number of nitrogens with zero attached hydrogens (tertiary/aromatic N) is 2. The van der Waals surface area contributed by atoms with Gasteiger partial charge in [-0.05, 0) is 48.3 Å². The summed E-state index contributed by atoms with van der Waals surface area (Å²) in [7, 11) is 0. The Kier molecular flexibility index (Phi) is 3.43. The molecule has 3 saturated carbocycles. The largest absolute Gasteiger partial charge is 0.476 e. The standard InChI is InChI=1S/C18H17N3O2S/c1-17-9-18(10-17,11-17)7-3-5-12-4-2-6-13(8-12)24-15-14(16(22)23)19-21-20-15/h2,4,6,8H,7,9-11H2,1H3,(H,22,23)(H,19,20,21). The molecule has 24 heavy (non-hydrogen) atoms. The molecule has 1 heterocycles. The van der Waals surface area contributed by atoms with Crippen LogP contribution in [0.5, 0.6) is 0 Å². The molecule has 0 spiro atoms. The van der Waals surface area contributed by atoms with Gasteiger partial charge in [0.2, 0.25) is 5.69 Å². The average Bonchev–Trinajstić information content (AvgIpc) is 2.93. The van der Waals surface area contributed by atoms with Crippen molar-refractivity contribution < 1.29 is 9.90 Å². The molecule has 2 N–H and O–H groups in total. The highest BCUT2D eigenvalue weighted by atomic mass is 32.2. The number of aromatic carboxylic acids is 1. The fourth-order valence-corrected chi connectivity index (χ4v) is 5.15. The Labute approximate surface area is 144 Å². The van der Waals surface area contributed by atoms with Crippen molar-refractivity contribution in [1.82, 2.24) is 15.4 Å². The van der Waals surface area contributed by atoms with E-state index in [1.807, 2.05) is 24.3 Å². The first-order chi connectivity index (χ1) is 11.5. The van der Waals surface area contributed by atoms with Gasteiger partial charge in [0.25, 0.3) is 0 Å². The van der Waals surface area contributed by atoms with Crippen LogP contribution < -0.4 is 0 Å². The quantitative estimate of drug-likeness (QED) is 0.832. The zero-order chi connectivity index (χ0) is 16.8. The summed E-state index contributed by atoms with van der Waals surface area (Å²) in [6, 6.07) is 7.79. The van der Waals surface area contributed by atoms with E-state index >= 15 is 0 Å². The van der Waals surface area contributed by atoms with Crippen molar-refractivity contribution >= 4 is 17.7 Å². The van der Waals surface area contributed by atoms with E-state index in [0.29, 0.717) is 15.9 Å². The summed E-state index contributed by atoms with van der Waals surface area (Å²) in [4.78, 5) is 12.0. The number of nitrogens with one attached hydrogen (secondary N) is 1. The van der Waals surface area contributed by atoms with Crippen LogP contribution in [0.3, 0.4) is 0 Å². The van der Waals surface area contributed by atoms with Crippen molar-refractivity contribution in [1.29, 1.82) is 0 Å². The highest BCUT2D eigenvalue weighted by Crippen LogP contribution is 2.74. The molecule has 0 amide bonds. The van der Waals surface area contributed by atoms with E-state index < -0.39 is 5.97 Å². The fourth-order valence-electron chi connectivity index (χ4n) is 4.27. The van der Waals surface area contributed by atoms with Crippen molar-refractivity contribution in [2.24, 2.45) is 10.8 Å². The molecule has 3 aliphatic rings. The van der Waals surface area contributed by atoms with Gasteiger partial charge in [-0.25, -0.2) is 4.79 Å². The predicted octanol–water partition coefficient (Wildman–Crippen LogP) is 3.59. The van der Waals surface area contributed by atoms with Crippen LogP contribution in [-0.4, -0.2) is 26.5 Å². The lowest BCUT2D eigenvalue weighted by molar-refractivity contribution is -0.186. The van der Waals surface area contributed by atoms with Gasteiger partial charge >= 0.3 is 5.97 Å². The summed E-state index contributed by atoms with van der Waals surface area (Å²) in [5, 5.41) is 19.3. The molecule has 6 heteroatoms. The topological polar surface area (TPSA) is 78.9 Å². The molecule has 0 atom stereocenters. The van der Waals surface area contributed by atoms with Crippen LogP contribution in [0.1, 0.15) is 48.7 Å². The molecule has 2 aromatic rings. The van der Waals surface area contributed by atoms with E-state index in [2.05, 4.69) is 34.2 Å². The van der Waals surface area contributed by atoms with Crippen LogP contribution in [-0.2, 0) is 0 Å². The van der Waals surface area contributed by atoms with Gasteiger partial charge in [-0.1, -0.05) is 41.8 Å². The fraction of sp³-hybridized carbons (Fsp3) is 0.389. The summed E-state index contributed by atoms with van der Waals surface area (Å²) >= 11 is 1.30. The Bertz CT molecular complexity index is 858. The van der Waals surface area contributed by atoms with Gasteiger partial charge in [-0.15, -0.1) is 5.10 Å². The maximum atomic E-state index is 11.1. The van der Waals surface area contributed by atoms with E-state index in [9.17, 15) is 4.79 Å². The molecule has 0 unspecified atom stereocenters. The molecule has 0 saturated heterocycles. The molecule has 5 rings (SSSR count). The first kappa shape index (κ1) is 15.3. The van der Waals surface area contributed by atoms with Crippen molar-refractivity contribution in [3.8, 4) is 11.8 Å². The Morgan fingerprint density at radius 1 is 1.42 bits per heavy atom. The van der Waals surface area contributed by atoms with Gasteiger partial charge in [0.15, 0.2) is 0 Å². The molecular weight excluding hydrogens is 322 g/mol. The summed E-state index contributed by atoms with van der Waals surface area (Å²) < 4.78 is 0. The zero-order valence-electron chi connectivity index (χ0n) is 13.3. The molecule has 2 bridgehead atoms. The average molecular weight is 339 g/mol. The van der Waals surface area contributed by atoms with Gasteiger partial charge in [0, 0.05) is 16.9 Å². The number of hydrogen-bond acceptors (Lipinski definition) is 4. The van der Waals surface area contributed by atoms with E-state index in [-0.39, 0.29) is 5.69 Å². The number of rotatable bonds is 4. The number of benzene rings is 1. The summed E-state index contributed by atoms with van der Waals surface area (Å²) in [6.45, 7) is 2.36. The second-order valence-corrected chi connectivity index (χ2v) is 8.33. The summed E-state index contributed by atoms with van der Waals surface area (Å²) in [5.41, 5.74) is 2.01.